The summed E-state index contributed by atoms with van der Waals surface area (Å²) in [5.41, 5.74) is 0.946. The molecule has 17 heavy (non-hydrogen) atoms. The van der Waals surface area contributed by atoms with E-state index in [2.05, 4.69) is 10.1 Å². The Balaban J connectivity index is 2.09. The van der Waals surface area contributed by atoms with E-state index in [1.807, 2.05) is 24.3 Å². The van der Waals surface area contributed by atoms with E-state index in [4.69, 9.17) is 16.1 Å². The summed E-state index contributed by atoms with van der Waals surface area (Å²) in [4.78, 5) is 4.19. The molecule has 0 radical (unpaired) electrons. The lowest BCUT2D eigenvalue weighted by Crippen LogP contribution is -2.05. The lowest BCUT2D eigenvalue weighted by atomic mass is 10.1. The molecule has 1 unspecified atom stereocenters. The fourth-order valence-corrected chi connectivity index (χ4v) is 1.72. The largest absolute Gasteiger partial charge is 0.393 e. The molecule has 1 N–H and O–H groups in total. The van der Waals surface area contributed by atoms with Crippen LogP contribution in [0.4, 0.5) is 0 Å². The maximum atomic E-state index is 9.21. The van der Waals surface area contributed by atoms with Crippen LogP contribution in [0.2, 0.25) is 5.02 Å². The van der Waals surface area contributed by atoms with Crippen molar-refractivity contribution >= 4 is 11.6 Å². The molecule has 0 amide bonds. The van der Waals surface area contributed by atoms with E-state index in [1.54, 1.807) is 6.92 Å². The average molecular weight is 253 g/mol. The first-order chi connectivity index (χ1) is 8.15. The maximum absolute atomic E-state index is 9.21. The minimum atomic E-state index is -0.472. The van der Waals surface area contributed by atoms with Gasteiger partial charge in [-0.25, -0.2) is 0 Å². The summed E-state index contributed by atoms with van der Waals surface area (Å²) in [6.45, 7) is 1.68. The van der Waals surface area contributed by atoms with Crippen molar-refractivity contribution in [3.05, 3.63) is 46.6 Å². The van der Waals surface area contributed by atoms with Crippen molar-refractivity contribution in [3.63, 3.8) is 0 Å². The zero-order chi connectivity index (χ0) is 12.3. The Labute approximate surface area is 104 Å². The number of rotatable bonds is 4. The van der Waals surface area contributed by atoms with E-state index in [1.165, 1.54) is 0 Å². The van der Waals surface area contributed by atoms with Gasteiger partial charge in [0, 0.05) is 11.4 Å². The summed E-state index contributed by atoms with van der Waals surface area (Å²) in [6.07, 6.45) is 0.430. The van der Waals surface area contributed by atoms with Crippen molar-refractivity contribution in [2.75, 3.05) is 0 Å². The van der Waals surface area contributed by atoms with Crippen LogP contribution in [-0.4, -0.2) is 21.4 Å². The van der Waals surface area contributed by atoms with Gasteiger partial charge >= 0.3 is 0 Å². The van der Waals surface area contributed by atoms with Crippen LogP contribution in [0, 0.1) is 0 Å². The maximum Gasteiger partial charge on any atom is 0.231 e. The van der Waals surface area contributed by atoms with E-state index in [0.717, 1.165) is 5.56 Å². The van der Waals surface area contributed by atoms with Gasteiger partial charge < -0.3 is 9.63 Å². The molecule has 0 saturated carbocycles. The van der Waals surface area contributed by atoms with Crippen LogP contribution in [0.15, 0.2) is 28.8 Å². The third-order valence-electron chi connectivity index (χ3n) is 2.29. The van der Waals surface area contributed by atoms with Crippen molar-refractivity contribution in [1.29, 1.82) is 0 Å². The standard InChI is InChI=1S/C12H13ClN2O2/c1-8(16)6-11-14-12(17-15-11)7-9-4-2-3-5-10(9)13/h2-5,8,16H,6-7H2,1H3. The Kier molecular flexibility index (Phi) is 3.76. The summed E-state index contributed by atoms with van der Waals surface area (Å²) in [5.74, 6) is 1.02. The molecule has 1 atom stereocenters. The van der Waals surface area contributed by atoms with E-state index in [0.29, 0.717) is 29.6 Å². The number of aromatic nitrogens is 2. The third kappa shape index (κ3) is 3.28. The number of benzene rings is 1. The van der Waals surface area contributed by atoms with E-state index < -0.39 is 6.10 Å². The summed E-state index contributed by atoms with van der Waals surface area (Å²) < 4.78 is 5.09. The number of hydrogen-bond acceptors (Lipinski definition) is 4. The van der Waals surface area contributed by atoms with Gasteiger partial charge in [0.25, 0.3) is 0 Å². The highest BCUT2D eigenvalue weighted by molar-refractivity contribution is 6.31. The first-order valence-corrected chi connectivity index (χ1v) is 5.76. The molecule has 4 nitrogen and oxygen atoms in total. The molecule has 0 spiro atoms. The topological polar surface area (TPSA) is 59.2 Å². The fourth-order valence-electron chi connectivity index (χ4n) is 1.51. The molecule has 2 rings (SSSR count). The molecule has 0 bridgehead atoms. The Hall–Kier alpha value is -1.39. The molecule has 90 valence electrons. The van der Waals surface area contributed by atoms with Gasteiger partial charge in [0.15, 0.2) is 5.82 Å². The van der Waals surface area contributed by atoms with Crippen LogP contribution in [0.3, 0.4) is 0 Å². The van der Waals surface area contributed by atoms with Gasteiger partial charge in [-0.15, -0.1) is 0 Å². The van der Waals surface area contributed by atoms with Crippen LogP contribution in [-0.2, 0) is 12.8 Å². The highest BCUT2D eigenvalue weighted by Gasteiger charge is 2.10. The fraction of sp³-hybridized carbons (Fsp3) is 0.333. The quantitative estimate of drug-likeness (QED) is 0.907. The highest BCUT2D eigenvalue weighted by atomic mass is 35.5. The van der Waals surface area contributed by atoms with Crippen molar-refractivity contribution in [3.8, 4) is 0 Å². The number of halogens is 1. The van der Waals surface area contributed by atoms with Crippen LogP contribution >= 0.6 is 11.6 Å². The molecule has 0 aliphatic carbocycles. The molecule has 0 saturated heterocycles. The van der Waals surface area contributed by atoms with E-state index >= 15 is 0 Å². The van der Waals surface area contributed by atoms with Crippen molar-refractivity contribution < 1.29 is 9.63 Å². The minimum Gasteiger partial charge on any atom is -0.393 e. The van der Waals surface area contributed by atoms with Crippen LogP contribution in [0.25, 0.3) is 0 Å². The normalized spacial score (nSPS) is 12.6. The lowest BCUT2D eigenvalue weighted by molar-refractivity contribution is 0.191. The van der Waals surface area contributed by atoms with Crippen LogP contribution in [0.1, 0.15) is 24.2 Å². The van der Waals surface area contributed by atoms with Crippen LogP contribution in [0.5, 0.6) is 0 Å². The molecule has 0 fully saturated rings. The van der Waals surface area contributed by atoms with Gasteiger partial charge in [0.05, 0.1) is 12.5 Å². The number of aliphatic hydroxyl groups is 1. The Bertz CT molecular complexity index is 497. The molecule has 5 heteroatoms. The Morgan fingerprint density at radius 2 is 2.18 bits per heavy atom. The first-order valence-electron chi connectivity index (χ1n) is 5.38. The van der Waals surface area contributed by atoms with Gasteiger partial charge in [-0.05, 0) is 18.6 Å². The predicted molar refractivity (Wildman–Crippen MR) is 63.9 cm³/mol. The minimum absolute atomic E-state index is 0.395. The molecule has 0 aliphatic heterocycles. The molecule has 0 aliphatic rings. The van der Waals surface area contributed by atoms with E-state index in [9.17, 15) is 5.11 Å². The molecular weight excluding hydrogens is 240 g/mol. The summed E-state index contributed by atoms with van der Waals surface area (Å²) in [5, 5.41) is 13.7. The molecule has 1 heterocycles. The number of aliphatic hydroxyl groups excluding tert-OH is 1. The van der Waals surface area contributed by atoms with Crippen LogP contribution < -0.4 is 0 Å². The molecule has 2 aromatic rings. The average Bonchev–Trinajstić information content (AvgIpc) is 2.68. The second kappa shape index (κ2) is 5.29. The second-order valence-corrected chi connectivity index (χ2v) is 4.33. The van der Waals surface area contributed by atoms with Crippen molar-refractivity contribution in [1.82, 2.24) is 10.1 Å². The smallest absolute Gasteiger partial charge is 0.231 e. The Morgan fingerprint density at radius 1 is 1.41 bits per heavy atom. The zero-order valence-electron chi connectivity index (χ0n) is 9.43. The summed E-state index contributed by atoms with van der Waals surface area (Å²) in [6, 6.07) is 7.53. The molecule has 1 aromatic heterocycles. The van der Waals surface area contributed by atoms with E-state index in [-0.39, 0.29) is 0 Å². The van der Waals surface area contributed by atoms with Gasteiger partial charge in [0.1, 0.15) is 0 Å². The van der Waals surface area contributed by atoms with Gasteiger partial charge in [-0.1, -0.05) is 35.0 Å². The van der Waals surface area contributed by atoms with Gasteiger partial charge in [0.2, 0.25) is 5.89 Å². The van der Waals surface area contributed by atoms with Crippen molar-refractivity contribution in [2.24, 2.45) is 0 Å². The third-order valence-corrected chi connectivity index (χ3v) is 2.66. The monoisotopic (exact) mass is 252 g/mol. The zero-order valence-corrected chi connectivity index (χ0v) is 10.2. The summed E-state index contributed by atoms with van der Waals surface area (Å²) >= 11 is 6.04. The number of hydrogen-bond donors (Lipinski definition) is 1. The SMILES string of the molecule is CC(O)Cc1noc(Cc2ccccc2Cl)n1. The second-order valence-electron chi connectivity index (χ2n) is 3.93. The Morgan fingerprint density at radius 3 is 2.88 bits per heavy atom. The predicted octanol–water partition coefficient (Wildman–Crippen LogP) is 2.24. The van der Waals surface area contributed by atoms with Gasteiger partial charge in [-0.3, -0.25) is 0 Å². The molecule has 1 aromatic carbocycles. The summed E-state index contributed by atoms with van der Waals surface area (Å²) in [7, 11) is 0. The molecular formula is C12H13ClN2O2. The van der Waals surface area contributed by atoms with Crippen molar-refractivity contribution in [2.45, 2.75) is 25.9 Å². The first kappa shape index (κ1) is 12.1. The van der Waals surface area contributed by atoms with Gasteiger partial charge in [-0.2, -0.15) is 4.98 Å². The highest BCUT2D eigenvalue weighted by Crippen LogP contribution is 2.18. The number of nitrogens with zero attached hydrogens (tertiary/aromatic N) is 2. The lowest BCUT2D eigenvalue weighted by Gasteiger charge is -1.99.